The topological polar surface area (TPSA) is 76.7 Å². The van der Waals surface area contributed by atoms with E-state index in [1.807, 2.05) is 6.92 Å². The van der Waals surface area contributed by atoms with Crippen molar-refractivity contribution >= 4 is 16.9 Å². The van der Waals surface area contributed by atoms with Crippen LogP contribution in [0.2, 0.25) is 0 Å². The minimum absolute atomic E-state index is 0.399. The Morgan fingerprint density at radius 3 is 2.68 bits per heavy atom. The quantitative estimate of drug-likeness (QED) is 0.858. The molecule has 0 saturated heterocycles. The minimum atomic E-state index is -1.05. The van der Waals surface area contributed by atoms with Gasteiger partial charge in [-0.2, -0.15) is 0 Å². The third kappa shape index (κ3) is 2.45. The van der Waals surface area contributed by atoms with Crippen LogP contribution < -0.4 is 10.4 Å². The first-order valence-electron chi connectivity index (χ1n) is 5.83. The van der Waals surface area contributed by atoms with Crippen molar-refractivity contribution in [3.05, 3.63) is 39.7 Å². The number of hydrogen-bond donors (Lipinski definition) is 1. The van der Waals surface area contributed by atoms with Crippen LogP contribution in [0.5, 0.6) is 5.75 Å². The van der Waals surface area contributed by atoms with Crippen molar-refractivity contribution in [1.82, 2.24) is 0 Å². The summed E-state index contributed by atoms with van der Waals surface area (Å²) in [5, 5.41) is 9.65. The second kappa shape index (κ2) is 4.76. The van der Waals surface area contributed by atoms with Crippen molar-refractivity contribution in [1.29, 1.82) is 0 Å². The van der Waals surface area contributed by atoms with E-state index in [2.05, 4.69) is 0 Å². The summed E-state index contributed by atoms with van der Waals surface area (Å²) in [4.78, 5) is 22.2. The Kier molecular flexibility index (Phi) is 3.29. The Morgan fingerprint density at radius 1 is 1.37 bits per heavy atom. The van der Waals surface area contributed by atoms with Gasteiger partial charge in [0, 0.05) is 17.0 Å². The van der Waals surface area contributed by atoms with E-state index in [4.69, 9.17) is 14.3 Å². The maximum atomic E-state index is 11.4. The molecule has 1 aromatic heterocycles. The number of rotatable bonds is 3. The van der Waals surface area contributed by atoms with E-state index >= 15 is 0 Å². The van der Waals surface area contributed by atoms with Crippen LogP contribution in [-0.4, -0.2) is 17.2 Å². The van der Waals surface area contributed by atoms with Gasteiger partial charge in [-0.1, -0.05) is 0 Å². The Morgan fingerprint density at radius 2 is 2.05 bits per heavy atom. The van der Waals surface area contributed by atoms with Crippen molar-refractivity contribution in [2.45, 2.75) is 26.9 Å². The van der Waals surface area contributed by atoms with Crippen molar-refractivity contribution in [3.8, 4) is 5.75 Å². The Bertz CT molecular complexity index is 699. The molecular weight excluding hydrogens is 248 g/mol. The fourth-order valence-electron chi connectivity index (χ4n) is 1.87. The highest BCUT2D eigenvalue weighted by Crippen LogP contribution is 2.28. The summed E-state index contributed by atoms with van der Waals surface area (Å²) in [5.41, 5.74) is 1.43. The monoisotopic (exact) mass is 262 g/mol. The summed E-state index contributed by atoms with van der Waals surface area (Å²) in [6.07, 6.45) is -0.965. The van der Waals surface area contributed by atoms with Gasteiger partial charge in [0.15, 0.2) is 6.10 Å². The van der Waals surface area contributed by atoms with Gasteiger partial charge in [0.2, 0.25) is 0 Å². The predicted octanol–water partition coefficient (Wildman–Crippen LogP) is 2.26. The zero-order chi connectivity index (χ0) is 14.2. The maximum absolute atomic E-state index is 11.4. The van der Waals surface area contributed by atoms with Crippen LogP contribution in [-0.2, 0) is 4.79 Å². The lowest BCUT2D eigenvalue weighted by Crippen LogP contribution is -2.23. The minimum Gasteiger partial charge on any atom is -0.479 e. The number of aryl methyl sites for hydroxylation is 2. The molecule has 1 heterocycles. The van der Waals surface area contributed by atoms with Gasteiger partial charge < -0.3 is 14.3 Å². The van der Waals surface area contributed by atoms with E-state index in [0.29, 0.717) is 16.9 Å². The highest BCUT2D eigenvalue weighted by molar-refractivity contribution is 5.84. The molecule has 1 unspecified atom stereocenters. The first kappa shape index (κ1) is 13.1. The number of fused-ring (bicyclic) bond motifs is 1. The molecule has 5 heteroatoms. The molecule has 0 aliphatic heterocycles. The van der Waals surface area contributed by atoms with E-state index in [0.717, 1.165) is 10.9 Å². The molecule has 2 rings (SSSR count). The van der Waals surface area contributed by atoms with Crippen molar-refractivity contribution < 1.29 is 19.1 Å². The van der Waals surface area contributed by atoms with Crippen LogP contribution in [0, 0.1) is 13.8 Å². The van der Waals surface area contributed by atoms with Crippen LogP contribution in [0.15, 0.2) is 27.4 Å². The van der Waals surface area contributed by atoms with Gasteiger partial charge in [-0.3, -0.25) is 0 Å². The molecule has 1 aromatic carbocycles. The van der Waals surface area contributed by atoms with E-state index in [1.54, 1.807) is 19.1 Å². The van der Waals surface area contributed by atoms with Crippen LogP contribution in [0.3, 0.4) is 0 Å². The number of carboxylic acid groups (broad SMARTS) is 1. The van der Waals surface area contributed by atoms with Crippen LogP contribution >= 0.6 is 0 Å². The average Bonchev–Trinajstić information content (AvgIpc) is 2.33. The molecule has 19 heavy (non-hydrogen) atoms. The predicted molar refractivity (Wildman–Crippen MR) is 69.7 cm³/mol. The van der Waals surface area contributed by atoms with Crippen molar-refractivity contribution in [2.75, 3.05) is 0 Å². The fraction of sp³-hybridized carbons (Fsp3) is 0.286. The molecule has 0 aliphatic carbocycles. The third-order valence-corrected chi connectivity index (χ3v) is 2.97. The van der Waals surface area contributed by atoms with Gasteiger partial charge >= 0.3 is 11.6 Å². The van der Waals surface area contributed by atoms with E-state index in [9.17, 15) is 9.59 Å². The Balaban J connectivity index is 2.57. The fourth-order valence-corrected chi connectivity index (χ4v) is 1.87. The lowest BCUT2D eigenvalue weighted by Gasteiger charge is -2.14. The lowest BCUT2D eigenvalue weighted by molar-refractivity contribution is -0.144. The summed E-state index contributed by atoms with van der Waals surface area (Å²) >= 11 is 0. The SMILES string of the molecule is Cc1cc(=O)oc2c(C)c(OC(C)C(=O)O)ccc12. The van der Waals surface area contributed by atoms with E-state index in [1.165, 1.54) is 13.0 Å². The maximum Gasteiger partial charge on any atom is 0.344 e. The van der Waals surface area contributed by atoms with Gasteiger partial charge in [-0.25, -0.2) is 9.59 Å². The molecule has 1 atom stereocenters. The van der Waals surface area contributed by atoms with Gasteiger partial charge in [0.05, 0.1) is 0 Å². The van der Waals surface area contributed by atoms with Crippen LogP contribution in [0.4, 0.5) is 0 Å². The first-order valence-corrected chi connectivity index (χ1v) is 5.83. The van der Waals surface area contributed by atoms with Gasteiger partial charge in [0.1, 0.15) is 11.3 Å². The molecule has 0 bridgehead atoms. The smallest absolute Gasteiger partial charge is 0.344 e. The van der Waals surface area contributed by atoms with Crippen LogP contribution in [0.25, 0.3) is 11.0 Å². The zero-order valence-corrected chi connectivity index (χ0v) is 10.9. The molecule has 0 radical (unpaired) electrons. The third-order valence-electron chi connectivity index (χ3n) is 2.97. The molecule has 0 fully saturated rings. The summed E-state index contributed by atoms with van der Waals surface area (Å²) in [5.74, 6) is -0.652. The van der Waals surface area contributed by atoms with Crippen molar-refractivity contribution in [3.63, 3.8) is 0 Å². The van der Waals surface area contributed by atoms with Gasteiger partial charge in [-0.15, -0.1) is 0 Å². The number of aliphatic carboxylic acids is 1. The van der Waals surface area contributed by atoms with E-state index in [-0.39, 0.29) is 0 Å². The van der Waals surface area contributed by atoms with E-state index < -0.39 is 17.7 Å². The molecule has 0 spiro atoms. The normalized spacial score (nSPS) is 12.4. The number of benzene rings is 1. The highest BCUT2D eigenvalue weighted by atomic mass is 16.5. The molecular formula is C14H14O5. The molecule has 0 aliphatic rings. The molecule has 1 N–H and O–H groups in total. The molecule has 5 nitrogen and oxygen atoms in total. The zero-order valence-electron chi connectivity index (χ0n) is 10.9. The number of carboxylic acids is 1. The number of hydrogen-bond acceptors (Lipinski definition) is 4. The summed E-state index contributed by atoms with van der Waals surface area (Å²) < 4.78 is 10.5. The molecule has 2 aromatic rings. The second-order valence-electron chi connectivity index (χ2n) is 4.41. The summed E-state index contributed by atoms with van der Waals surface area (Å²) in [6.45, 7) is 4.99. The second-order valence-corrected chi connectivity index (χ2v) is 4.41. The van der Waals surface area contributed by atoms with Crippen LogP contribution in [0.1, 0.15) is 18.1 Å². The Labute approximate surface area is 109 Å². The largest absolute Gasteiger partial charge is 0.479 e. The molecule has 0 amide bonds. The lowest BCUT2D eigenvalue weighted by atomic mass is 10.1. The van der Waals surface area contributed by atoms with Gasteiger partial charge in [0.25, 0.3) is 0 Å². The highest BCUT2D eigenvalue weighted by Gasteiger charge is 2.16. The average molecular weight is 262 g/mol. The number of ether oxygens (including phenoxy) is 1. The molecule has 0 saturated carbocycles. The standard InChI is InChI=1S/C14H14O5/c1-7-6-12(15)19-13-8(2)11(5-4-10(7)13)18-9(3)14(16)17/h4-6,9H,1-3H3,(H,16,17). The molecule has 100 valence electrons. The number of carbonyl (C=O) groups is 1. The van der Waals surface area contributed by atoms with Crippen molar-refractivity contribution in [2.24, 2.45) is 0 Å². The Hall–Kier alpha value is -2.30. The summed E-state index contributed by atoms with van der Waals surface area (Å²) in [6, 6.07) is 4.86. The first-order chi connectivity index (χ1) is 8.90. The summed E-state index contributed by atoms with van der Waals surface area (Å²) in [7, 11) is 0. The van der Waals surface area contributed by atoms with Gasteiger partial charge in [-0.05, 0) is 38.5 Å².